The molecule has 1 aromatic rings. The first kappa shape index (κ1) is 15.3. The molecule has 2 rings (SSSR count). The van der Waals surface area contributed by atoms with E-state index in [2.05, 4.69) is 19.2 Å². The molecule has 0 spiro atoms. The smallest absolute Gasteiger partial charge is 0.242 e. The molecule has 1 unspecified atom stereocenters. The predicted octanol–water partition coefficient (Wildman–Crippen LogP) is 2.93. The molecule has 1 saturated carbocycles. The average Bonchev–Trinajstić information content (AvgIpc) is 2.69. The number of hydrogen-bond donors (Lipinski definition) is 1. The minimum atomic E-state index is -3.33. The van der Waals surface area contributed by atoms with Crippen molar-refractivity contribution in [1.82, 2.24) is 4.31 Å². The van der Waals surface area contributed by atoms with Crippen LogP contribution >= 0.6 is 0 Å². The molecule has 0 aliphatic heterocycles. The molecule has 1 aromatic carbocycles. The minimum Gasteiger partial charge on any atom is -0.382 e. The van der Waals surface area contributed by atoms with Crippen molar-refractivity contribution in [3.63, 3.8) is 0 Å². The van der Waals surface area contributed by atoms with Crippen LogP contribution in [0, 0.1) is 5.41 Å². The first-order valence-electron chi connectivity index (χ1n) is 7.00. The van der Waals surface area contributed by atoms with Crippen molar-refractivity contribution in [2.24, 2.45) is 5.41 Å². The van der Waals surface area contributed by atoms with Crippen molar-refractivity contribution < 1.29 is 8.42 Å². The molecule has 4 nitrogen and oxygen atoms in total. The molecule has 1 fully saturated rings. The highest BCUT2D eigenvalue weighted by atomic mass is 32.2. The van der Waals surface area contributed by atoms with E-state index in [0.29, 0.717) is 16.4 Å². The largest absolute Gasteiger partial charge is 0.382 e. The Labute approximate surface area is 122 Å². The lowest BCUT2D eigenvalue weighted by Crippen LogP contribution is -2.22. The van der Waals surface area contributed by atoms with Crippen molar-refractivity contribution in [3.05, 3.63) is 24.3 Å². The number of nitrogens with one attached hydrogen (secondary N) is 1. The topological polar surface area (TPSA) is 49.4 Å². The van der Waals surface area contributed by atoms with Crippen molar-refractivity contribution >= 4 is 15.7 Å². The zero-order chi connectivity index (χ0) is 15.0. The first-order valence-corrected chi connectivity index (χ1v) is 8.44. The molecule has 112 valence electrons. The molecule has 1 aliphatic rings. The van der Waals surface area contributed by atoms with Crippen molar-refractivity contribution in [2.45, 2.75) is 44.0 Å². The Morgan fingerprint density at radius 3 is 2.25 bits per heavy atom. The van der Waals surface area contributed by atoms with E-state index < -0.39 is 10.0 Å². The monoisotopic (exact) mass is 296 g/mol. The fourth-order valence-corrected chi connectivity index (χ4v) is 3.63. The van der Waals surface area contributed by atoms with Gasteiger partial charge in [-0.1, -0.05) is 13.8 Å². The van der Waals surface area contributed by atoms with Gasteiger partial charge in [0.15, 0.2) is 0 Å². The summed E-state index contributed by atoms with van der Waals surface area (Å²) in [7, 11) is -0.246. The van der Waals surface area contributed by atoms with Crippen LogP contribution in [0.25, 0.3) is 0 Å². The number of rotatable bonds is 4. The number of hydrogen-bond acceptors (Lipinski definition) is 3. The summed E-state index contributed by atoms with van der Waals surface area (Å²) in [5.41, 5.74) is 1.40. The van der Waals surface area contributed by atoms with Crippen LogP contribution in [0.15, 0.2) is 29.2 Å². The SMILES string of the molecule is CN(C)S(=O)(=O)c1ccc(NC2CCC(C)(C)C2)cc1. The van der Waals surface area contributed by atoms with E-state index >= 15 is 0 Å². The molecule has 20 heavy (non-hydrogen) atoms. The Morgan fingerprint density at radius 1 is 1.20 bits per heavy atom. The van der Waals surface area contributed by atoms with Gasteiger partial charge in [0.25, 0.3) is 0 Å². The van der Waals surface area contributed by atoms with E-state index in [1.165, 1.54) is 17.1 Å². The fraction of sp³-hybridized carbons (Fsp3) is 0.600. The van der Waals surface area contributed by atoms with Crippen LogP contribution in [0.1, 0.15) is 33.1 Å². The number of benzene rings is 1. The quantitative estimate of drug-likeness (QED) is 0.929. The highest BCUT2D eigenvalue weighted by Gasteiger charge is 2.30. The lowest BCUT2D eigenvalue weighted by atomic mass is 9.92. The summed E-state index contributed by atoms with van der Waals surface area (Å²) in [6, 6.07) is 7.51. The summed E-state index contributed by atoms with van der Waals surface area (Å²) in [5.74, 6) is 0. The van der Waals surface area contributed by atoms with Gasteiger partial charge in [-0.25, -0.2) is 12.7 Å². The van der Waals surface area contributed by atoms with Gasteiger partial charge in [-0.2, -0.15) is 0 Å². The molecule has 0 radical (unpaired) electrons. The maximum absolute atomic E-state index is 12.0. The second-order valence-electron chi connectivity index (χ2n) is 6.56. The van der Waals surface area contributed by atoms with Gasteiger partial charge >= 0.3 is 0 Å². The third kappa shape index (κ3) is 3.33. The Bertz CT molecular complexity index is 562. The van der Waals surface area contributed by atoms with Gasteiger partial charge in [0.2, 0.25) is 10.0 Å². The molecule has 5 heteroatoms. The van der Waals surface area contributed by atoms with Crippen LogP contribution in [0.3, 0.4) is 0 Å². The Hall–Kier alpha value is -1.07. The number of sulfonamides is 1. The molecule has 1 atom stereocenters. The third-order valence-corrected chi connectivity index (χ3v) is 5.80. The van der Waals surface area contributed by atoms with Crippen LogP contribution in [0.5, 0.6) is 0 Å². The lowest BCUT2D eigenvalue weighted by molar-refractivity contribution is 0.378. The lowest BCUT2D eigenvalue weighted by Gasteiger charge is -2.19. The molecule has 0 bridgehead atoms. The van der Waals surface area contributed by atoms with Gasteiger partial charge < -0.3 is 5.32 Å². The van der Waals surface area contributed by atoms with Gasteiger partial charge in [0.1, 0.15) is 0 Å². The van der Waals surface area contributed by atoms with Gasteiger partial charge in [0, 0.05) is 25.8 Å². The highest BCUT2D eigenvalue weighted by Crippen LogP contribution is 2.38. The Balaban J connectivity index is 2.06. The second-order valence-corrected chi connectivity index (χ2v) is 8.71. The minimum absolute atomic E-state index is 0.333. The zero-order valence-corrected chi connectivity index (χ0v) is 13.5. The molecular weight excluding hydrogens is 272 g/mol. The second kappa shape index (κ2) is 5.37. The summed E-state index contributed by atoms with van der Waals surface area (Å²) in [6.45, 7) is 4.59. The normalized spacial score (nSPS) is 22.1. The van der Waals surface area contributed by atoms with Gasteiger partial charge in [0.05, 0.1) is 4.90 Å². The van der Waals surface area contributed by atoms with E-state index in [4.69, 9.17) is 0 Å². The van der Waals surface area contributed by atoms with Crippen LogP contribution in [0.4, 0.5) is 5.69 Å². The molecule has 1 N–H and O–H groups in total. The summed E-state index contributed by atoms with van der Waals surface area (Å²) < 4.78 is 25.2. The van der Waals surface area contributed by atoms with Crippen molar-refractivity contribution in [3.8, 4) is 0 Å². The molecule has 0 heterocycles. The fourth-order valence-electron chi connectivity index (χ4n) is 2.73. The Morgan fingerprint density at radius 2 is 1.80 bits per heavy atom. The highest BCUT2D eigenvalue weighted by molar-refractivity contribution is 7.89. The van der Waals surface area contributed by atoms with E-state index in [9.17, 15) is 8.42 Å². The maximum atomic E-state index is 12.0. The standard InChI is InChI=1S/C15H24N2O2S/c1-15(2)10-9-13(11-15)16-12-5-7-14(8-6-12)20(18,19)17(3)4/h5-8,13,16H,9-11H2,1-4H3. The van der Waals surface area contributed by atoms with E-state index in [1.807, 2.05) is 12.1 Å². The first-order chi connectivity index (χ1) is 9.21. The van der Waals surface area contributed by atoms with Gasteiger partial charge in [-0.15, -0.1) is 0 Å². The predicted molar refractivity (Wildman–Crippen MR) is 82.4 cm³/mol. The molecule has 1 aliphatic carbocycles. The van der Waals surface area contributed by atoms with Crippen molar-refractivity contribution in [1.29, 1.82) is 0 Å². The molecule has 0 saturated heterocycles. The van der Waals surface area contributed by atoms with E-state index in [-0.39, 0.29) is 0 Å². The number of anilines is 1. The van der Waals surface area contributed by atoms with Crippen LogP contribution in [-0.2, 0) is 10.0 Å². The van der Waals surface area contributed by atoms with Crippen LogP contribution in [-0.4, -0.2) is 32.9 Å². The molecule has 0 amide bonds. The summed E-state index contributed by atoms with van der Waals surface area (Å²) in [6.07, 6.45) is 3.56. The third-order valence-electron chi connectivity index (χ3n) is 3.97. The van der Waals surface area contributed by atoms with Crippen LogP contribution < -0.4 is 5.32 Å². The van der Waals surface area contributed by atoms with Gasteiger partial charge in [-0.05, 0) is 48.9 Å². The zero-order valence-electron chi connectivity index (χ0n) is 12.7. The van der Waals surface area contributed by atoms with E-state index in [0.717, 1.165) is 12.1 Å². The molecular formula is C15H24N2O2S. The van der Waals surface area contributed by atoms with Gasteiger partial charge in [-0.3, -0.25) is 0 Å². The maximum Gasteiger partial charge on any atom is 0.242 e. The molecule has 0 aromatic heterocycles. The number of nitrogens with zero attached hydrogens (tertiary/aromatic N) is 1. The van der Waals surface area contributed by atoms with Crippen molar-refractivity contribution in [2.75, 3.05) is 19.4 Å². The Kier molecular flexibility index (Phi) is 4.12. The summed E-state index contributed by atoms with van der Waals surface area (Å²) in [4.78, 5) is 0.333. The average molecular weight is 296 g/mol. The summed E-state index contributed by atoms with van der Waals surface area (Å²) >= 11 is 0. The van der Waals surface area contributed by atoms with Crippen LogP contribution in [0.2, 0.25) is 0 Å². The van der Waals surface area contributed by atoms with E-state index in [1.54, 1.807) is 26.2 Å². The summed E-state index contributed by atoms with van der Waals surface area (Å²) in [5, 5.41) is 3.50.